The summed E-state index contributed by atoms with van der Waals surface area (Å²) in [5.41, 5.74) is -0.236. The highest BCUT2D eigenvalue weighted by atomic mass is 16.3. The summed E-state index contributed by atoms with van der Waals surface area (Å²) in [6.07, 6.45) is 2.41. The van der Waals surface area contributed by atoms with E-state index < -0.39 is 5.60 Å². The van der Waals surface area contributed by atoms with Crippen LogP contribution in [0.25, 0.3) is 0 Å². The van der Waals surface area contributed by atoms with Crippen molar-refractivity contribution in [2.24, 2.45) is 7.05 Å². The third-order valence-electron chi connectivity index (χ3n) is 2.85. The molecule has 5 heteroatoms. The number of nitrogens with zero attached hydrogens (tertiary/aromatic N) is 3. The van der Waals surface area contributed by atoms with Crippen molar-refractivity contribution in [2.45, 2.75) is 18.9 Å². The molecular weight excluding hydrogens is 194 g/mol. The number of aryl methyl sites for hydroxylation is 1. The van der Waals surface area contributed by atoms with Gasteiger partial charge in [-0.3, -0.25) is 9.48 Å². The Hall–Kier alpha value is -1.36. The molecule has 1 saturated heterocycles. The molecule has 2 rings (SSSR count). The number of β-amino-alcohol motifs (C(OH)–C–C–N with tert-alkyl or cyclic N) is 1. The van der Waals surface area contributed by atoms with Crippen LogP contribution < -0.4 is 0 Å². The highest BCUT2D eigenvalue weighted by Gasteiger charge is 2.42. The van der Waals surface area contributed by atoms with Gasteiger partial charge >= 0.3 is 0 Å². The van der Waals surface area contributed by atoms with Gasteiger partial charge in [-0.15, -0.1) is 0 Å². The zero-order chi connectivity index (χ0) is 11.1. The van der Waals surface area contributed by atoms with Gasteiger partial charge in [-0.1, -0.05) is 6.92 Å². The molecule has 2 heterocycles. The van der Waals surface area contributed by atoms with E-state index in [0.29, 0.717) is 25.2 Å². The van der Waals surface area contributed by atoms with Gasteiger partial charge in [0.15, 0.2) is 0 Å². The van der Waals surface area contributed by atoms with E-state index in [1.54, 1.807) is 28.9 Å². The molecule has 1 N–H and O–H groups in total. The van der Waals surface area contributed by atoms with Crippen LogP contribution in [0.15, 0.2) is 12.3 Å². The van der Waals surface area contributed by atoms with Crippen LogP contribution in [0.3, 0.4) is 0 Å². The summed E-state index contributed by atoms with van der Waals surface area (Å²) in [7, 11) is 1.77. The summed E-state index contributed by atoms with van der Waals surface area (Å²) < 4.78 is 1.60. The highest BCUT2D eigenvalue weighted by Crippen LogP contribution is 2.25. The third-order valence-corrected chi connectivity index (χ3v) is 2.85. The minimum absolute atomic E-state index is 0.103. The number of carbonyl (C=O) groups excluding carboxylic acids is 1. The lowest BCUT2D eigenvalue weighted by molar-refractivity contribution is -0.0828. The number of hydrogen-bond acceptors (Lipinski definition) is 3. The van der Waals surface area contributed by atoms with Crippen LogP contribution in [0.5, 0.6) is 0 Å². The Balaban J connectivity index is 2.00. The highest BCUT2D eigenvalue weighted by molar-refractivity contribution is 5.92. The van der Waals surface area contributed by atoms with Crippen molar-refractivity contribution in [3.05, 3.63) is 18.0 Å². The minimum atomic E-state index is -0.676. The van der Waals surface area contributed by atoms with E-state index >= 15 is 0 Å². The van der Waals surface area contributed by atoms with E-state index in [4.69, 9.17) is 0 Å². The fourth-order valence-corrected chi connectivity index (χ4v) is 1.72. The molecular formula is C10H15N3O2. The summed E-state index contributed by atoms with van der Waals surface area (Å²) in [6, 6.07) is 1.69. The van der Waals surface area contributed by atoms with Gasteiger partial charge in [0.05, 0.1) is 18.7 Å². The molecule has 0 spiro atoms. The molecule has 1 aliphatic heterocycles. The zero-order valence-corrected chi connectivity index (χ0v) is 8.97. The molecule has 1 amide bonds. The van der Waals surface area contributed by atoms with Crippen LogP contribution in [0.4, 0.5) is 0 Å². The maximum atomic E-state index is 11.8. The standard InChI is InChI=1S/C10H15N3O2/c1-3-10(15)6-13(7-10)9(14)8-4-5-12(2)11-8/h4-5,15H,3,6-7H2,1-2H3. The number of hydrogen-bond donors (Lipinski definition) is 1. The van der Waals surface area contributed by atoms with Gasteiger partial charge < -0.3 is 10.0 Å². The molecule has 0 bridgehead atoms. The molecule has 0 aromatic carbocycles. The maximum Gasteiger partial charge on any atom is 0.274 e. The van der Waals surface area contributed by atoms with Gasteiger partial charge in [0.25, 0.3) is 5.91 Å². The largest absolute Gasteiger partial charge is 0.386 e. The van der Waals surface area contributed by atoms with Crippen molar-refractivity contribution in [3.63, 3.8) is 0 Å². The Morgan fingerprint density at radius 3 is 2.80 bits per heavy atom. The Morgan fingerprint density at radius 2 is 2.33 bits per heavy atom. The van der Waals surface area contributed by atoms with E-state index in [0.717, 1.165) is 0 Å². The number of rotatable bonds is 2. The lowest BCUT2D eigenvalue weighted by Crippen LogP contribution is -2.63. The average Bonchev–Trinajstić information content (AvgIpc) is 2.59. The first-order valence-corrected chi connectivity index (χ1v) is 5.05. The smallest absolute Gasteiger partial charge is 0.274 e. The fraction of sp³-hybridized carbons (Fsp3) is 0.600. The van der Waals surface area contributed by atoms with E-state index in [2.05, 4.69) is 5.10 Å². The predicted octanol–water partition coefficient (Wildman–Crippen LogP) is 0.0170. The molecule has 1 aromatic rings. The van der Waals surface area contributed by atoms with Gasteiger partial charge in [0, 0.05) is 13.2 Å². The maximum absolute atomic E-state index is 11.8. The van der Waals surface area contributed by atoms with Gasteiger partial charge in [-0.05, 0) is 12.5 Å². The van der Waals surface area contributed by atoms with Gasteiger partial charge in [-0.2, -0.15) is 5.10 Å². The first-order chi connectivity index (χ1) is 7.04. The van der Waals surface area contributed by atoms with Crippen molar-refractivity contribution >= 4 is 5.91 Å². The fourth-order valence-electron chi connectivity index (χ4n) is 1.72. The Labute approximate surface area is 88.3 Å². The van der Waals surface area contributed by atoms with E-state index in [-0.39, 0.29) is 5.91 Å². The third kappa shape index (κ3) is 1.74. The molecule has 1 fully saturated rings. The molecule has 15 heavy (non-hydrogen) atoms. The number of aromatic nitrogens is 2. The van der Waals surface area contributed by atoms with Crippen LogP contribution in [0.1, 0.15) is 23.8 Å². The van der Waals surface area contributed by atoms with Crippen LogP contribution in [-0.4, -0.2) is 44.4 Å². The quantitative estimate of drug-likeness (QED) is 0.747. The zero-order valence-electron chi connectivity index (χ0n) is 8.97. The van der Waals surface area contributed by atoms with E-state index in [1.165, 1.54) is 0 Å². The molecule has 5 nitrogen and oxygen atoms in total. The summed E-state index contributed by atoms with van der Waals surface area (Å²) in [5.74, 6) is -0.103. The molecule has 1 aromatic heterocycles. The lowest BCUT2D eigenvalue weighted by Gasteiger charge is -2.45. The van der Waals surface area contributed by atoms with Crippen molar-refractivity contribution in [1.29, 1.82) is 0 Å². The number of aliphatic hydroxyl groups is 1. The first-order valence-electron chi connectivity index (χ1n) is 5.05. The minimum Gasteiger partial charge on any atom is -0.386 e. The molecule has 1 aliphatic rings. The second-order valence-electron chi connectivity index (χ2n) is 4.11. The Morgan fingerprint density at radius 1 is 1.67 bits per heavy atom. The lowest BCUT2D eigenvalue weighted by atomic mass is 9.91. The molecule has 0 radical (unpaired) electrons. The van der Waals surface area contributed by atoms with Crippen molar-refractivity contribution in [3.8, 4) is 0 Å². The number of amides is 1. The number of carbonyl (C=O) groups is 1. The normalized spacial score (nSPS) is 18.7. The number of likely N-dealkylation sites (tertiary alicyclic amines) is 1. The van der Waals surface area contributed by atoms with E-state index in [1.807, 2.05) is 6.92 Å². The molecule has 0 aliphatic carbocycles. The monoisotopic (exact) mass is 209 g/mol. The SMILES string of the molecule is CCC1(O)CN(C(=O)c2ccn(C)n2)C1. The van der Waals surface area contributed by atoms with E-state index in [9.17, 15) is 9.90 Å². The van der Waals surface area contributed by atoms with Crippen LogP contribution in [0, 0.1) is 0 Å². The summed E-state index contributed by atoms with van der Waals surface area (Å²) in [5, 5.41) is 13.8. The van der Waals surface area contributed by atoms with Gasteiger partial charge in [0.1, 0.15) is 5.69 Å². The molecule has 82 valence electrons. The molecule has 0 unspecified atom stereocenters. The van der Waals surface area contributed by atoms with Crippen molar-refractivity contribution < 1.29 is 9.90 Å². The summed E-state index contributed by atoms with van der Waals surface area (Å²) in [6.45, 7) is 2.75. The second kappa shape index (κ2) is 3.34. The van der Waals surface area contributed by atoms with Crippen molar-refractivity contribution in [1.82, 2.24) is 14.7 Å². The first kappa shape index (κ1) is 10.2. The Kier molecular flexibility index (Phi) is 2.26. The van der Waals surface area contributed by atoms with Gasteiger partial charge in [0.2, 0.25) is 0 Å². The van der Waals surface area contributed by atoms with Crippen LogP contribution >= 0.6 is 0 Å². The summed E-state index contributed by atoms with van der Waals surface area (Å²) >= 11 is 0. The summed E-state index contributed by atoms with van der Waals surface area (Å²) in [4.78, 5) is 13.4. The van der Waals surface area contributed by atoms with Gasteiger partial charge in [-0.25, -0.2) is 0 Å². The predicted molar refractivity (Wildman–Crippen MR) is 54.4 cm³/mol. The van der Waals surface area contributed by atoms with Crippen LogP contribution in [0.2, 0.25) is 0 Å². The Bertz CT molecular complexity index is 380. The second-order valence-corrected chi connectivity index (χ2v) is 4.11. The molecule has 0 atom stereocenters. The average molecular weight is 209 g/mol. The molecule has 0 saturated carbocycles. The van der Waals surface area contributed by atoms with Crippen molar-refractivity contribution in [2.75, 3.05) is 13.1 Å². The van der Waals surface area contributed by atoms with Crippen LogP contribution in [-0.2, 0) is 7.05 Å². The topological polar surface area (TPSA) is 58.4 Å².